The fourth-order valence-corrected chi connectivity index (χ4v) is 3.72. The van der Waals surface area contributed by atoms with Gasteiger partial charge in [-0.25, -0.2) is 8.42 Å². The second-order valence-corrected chi connectivity index (χ2v) is 6.99. The number of hydrogen-bond acceptors (Lipinski definition) is 4. The summed E-state index contributed by atoms with van der Waals surface area (Å²) in [6.45, 7) is 0.523. The van der Waals surface area contributed by atoms with E-state index in [0.29, 0.717) is 16.9 Å². The number of nitrogens with two attached hydrogens (primary N) is 1. The van der Waals surface area contributed by atoms with Gasteiger partial charge in [0.1, 0.15) is 0 Å². The van der Waals surface area contributed by atoms with Crippen molar-refractivity contribution in [2.45, 2.75) is 10.9 Å². The SMILES string of the molecule is COCC(N)CN(C)S(=O)(=O)c1cccc2ccccc12. The zero-order valence-corrected chi connectivity index (χ0v) is 13.0. The van der Waals surface area contributed by atoms with E-state index in [2.05, 4.69) is 0 Å². The second kappa shape index (κ2) is 6.53. The summed E-state index contributed by atoms with van der Waals surface area (Å²) in [4.78, 5) is 0.299. The lowest BCUT2D eigenvalue weighted by atomic mass is 10.1. The molecule has 0 aromatic heterocycles. The molecule has 0 aliphatic carbocycles. The van der Waals surface area contributed by atoms with E-state index in [1.165, 1.54) is 11.4 Å². The zero-order valence-electron chi connectivity index (χ0n) is 12.2. The third kappa shape index (κ3) is 3.41. The molecule has 2 aromatic carbocycles. The van der Waals surface area contributed by atoms with Crippen LogP contribution in [0.4, 0.5) is 0 Å². The minimum Gasteiger partial charge on any atom is -0.383 e. The Balaban J connectivity index is 2.38. The highest BCUT2D eigenvalue weighted by atomic mass is 32.2. The van der Waals surface area contributed by atoms with Gasteiger partial charge in [0.05, 0.1) is 11.5 Å². The van der Waals surface area contributed by atoms with E-state index in [0.717, 1.165) is 5.39 Å². The summed E-state index contributed by atoms with van der Waals surface area (Å²) < 4.78 is 31.7. The Kier molecular flexibility index (Phi) is 4.95. The van der Waals surface area contributed by atoms with Gasteiger partial charge in [0.15, 0.2) is 0 Å². The summed E-state index contributed by atoms with van der Waals surface area (Å²) >= 11 is 0. The van der Waals surface area contributed by atoms with Crippen LogP contribution in [0.2, 0.25) is 0 Å². The molecule has 2 N–H and O–H groups in total. The molecular weight excluding hydrogens is 288 g/mol. The van der Waals surface area contributed by atoms with Crippen LogP contribution in [0.5, 0.6) is 0 Å². The molecule has 21 heavy (non-hydrogen) atoms. The highest BCUT2D eigenvalue weighted by Crippen LogP contribution is 2.25. The van der Waals surface area contributed by atoms with E-state index >= 15 is 0 Å². The molecule has 0 saturated carbocycles. The summed E-state index contributed by atoms with van der Waals surface area (Å²) in [6.07, 6.45) is 0. The topological polar surface area (TPSA) is 72.6 Å². The van der Waals surface area contributed by atoms with Gasteiger partial charge in [0, 0.05) is 32.1 Å². The minimum absolute atomic E-state index is 0.208. The Bertz CT molecular complexity index is 710. The number of fused-ring (bicyclic) bond motifs is 1. The molecule has 2 aromatic rings. The van der Waals surface area contributed by atoms with Crippen LogP contribution in [0.1, 0.15) is 0 Å². The van der Waals surface area contributed by atoms with Crippen molar-refractivity contribution in [3.63, 3.8) is 0 Å². The van der Waals surface area contributed by atoms with Gasteiger partial charge in [-0.15, -0.1) is 0 Å². The summed E-state index contributed by atoms with van der Waals surface area (Å²) in [5.74, 6) is 0. The molecule has 1 atom stereocenters. The Morgan fingerprint density at radius 3 is 2.57 bits per heavy atom. The van der Waals surface area contributed by atoms with E-state index in [1.54, 1.807) is 19.2 Å². The van der Waals surface area contributed by atoms with E-state index in [1.807, 2.05) is 30.3 Å². The van der Waals surface area contributed by atoms with Crippen LogP contribution in [0.25, 0.3) is 10.8 Å². The van der Waals surface area contributed by atoms with Gasteiger partial charge < -0.3 is 10.5 Å². The molecule has 5 nitrogen and oxygen atoms in total. The highest BCUT2D eigenvalue weighted by Gasteiger charge is 2.24. The Hall–Kier alpha value is -1.47. The first-order valence-electron chi connectivity index (χ1n) is 6.65. The molecule has 0 aliphatic heterocycles. The largest absolute Gasteiger partial charge is 0.383 e. The maximum atomic E-state index is 12.7. The maximum absolute atomic E-state index is 12.7. The molecule has 0 amide bonds. The van der Waals surface area contributed by atoms with Gasteiger partial charge in [-0.1, -0.05) is 36.4 Å². The van der Waals surface area contributed by atoms with E-state index in [-0.39, 0.29) is 12.6 Å². The Morgan fingerprint density at radius 1 is 1.19 bits per heavy atom. The van der Waals surface area contributed by atoms with Crippen LogP contribution in [0.15, 0.2) is 47.4 Å². The van der Waals surface area contributed by atoms with Gasteiger partial charge in [0.2, 0.25) is 10.0 Å². The Labute approximate surface area is 125 Å². The monoisotopic (exact) mass is 308 g/mol. The van der Waals surface area contributed by atoms with Crippen molar-refractivity contribution in [2.75, 3.05) is 27.3 Å². The molecule has 0 saturated heterocycles. The molecule has 0 heterocycles. The number of rotatable bonds is 6. The average Bonchev–Trinajstić information content (AvgIpc) is 2.46. The zero-order chi connectivity index (χ0) is 15.5. The predicted octanol–water partition coefficient (Wildman–Crippen LogP) is 1.43. The number of likely N-dealkylation sites (N-methyl/N-ethyl adjacent to an activating group) is 1. The van der Waals surface area contributed by atoms with Crippen LogP contribution >= 0.6 is 0 Å². The van der Waals surface area contributed by atoms with Crippen molar-refractivity contribution in [3.05, 3.63) is 42.5 Å². The van der Waals surface area contributed by atoms with Crippen LogP contribution in [-0.2, 0) is 14.8 Å². The van der Waals surface area contributed by atoms with E-state index in [4.69, 9.17) is 10.5 Å². The standard InChI is InChI=1S/C15H20N2O3S/c1-17(10-13(16)11-20-2)21(18,19)15-9-5-7-12-6-3-4-8-14(12)15/h3-9,13H,10-11,16H2,1-2H3. The van der Waals surface area contributed by atoms with Crippen molar-refractivity contribution in [1.29, 1.82) is 0 Å². The quantitative estimate of drug-likeness (QED) is 0.876. The lowest BCUT2D eigenvalue weighted by Crippen LogP contribution is -2.41. The number of sulfonamides is 1. The minimum atomic E-state index is -3.58. The van der Waals surface area contributed by atoms with Crippen LogP contribution < -0.4 is 5.73 Å². The maximum Gasteiger partial charge on any atom is 0.243 e. The number of benzene rings is 2. The van der Waals surface area contributed by atoms with Crippen LogP contribution in [0.3, 0.4) is 0 Å². The highest BCUT2D eigenvalue weighted by molar-refractivity contribution is 7.89. The van der Waals surface area contributed by atoms with Gasteiger partial charge in [-0.05, 0) is 11.5 Å². The fourth-order valence-electron chi connectivity index (χ4n) is 2.28. The number of methoxy groups -OCH3 is 1. The smallest absolute Gasteiger partial charge is 0.243 e. The second-order valence-electron chi connectivity index (χ2n) is 4.98. The fraction of sp³-hybridized carbons (Fsp3) is 0.333. The van der Waals surface area contributed by atoms with Crippen LogP contribution in [-0.4, -0.2) is 46.1 Å². The molecule has 0 aliphatic rings. The lowest BCUT2D eigenvalue weighted by molar-refractivity contribution is 0.173. The molecular formula is C15H20N2O3S. The molecule has 0 bridgehead atoms. The van der Waals surface area contributed by atoms with Gasteiger partial charge in [-0.2, -0.15) is 4.31 Å². The first-order chi connectivity index (χ1) is 9.96. The normalized spacial score (nSPS) is 13.7. The van der Waals surface area contributed by atoms with Gasteiger partial charge in [-0.3, -0.25) is 0 Å². The summed E-state index contributed by atoms with van der Waals surface area (Å²) in [7, 11) is -0.506. The lowest BCUT2D eigenvalue weighted by Gasteiger charge is -2.21. The average molecular weight is 308 g/mol. The molecule has 114 valence electrons. The number of ether oxygens (including phenoxy) is 1. The van der Waals surface area contributed by atoms with Crippen molar-refractivity contribution in [2.24, 2.45) is 5.73 Å². The van der Waals surface area contributed by atoms with Gasteiger partial charge >= 0.3 is 0 Å². The molecule has 0 spiro atoms. The third-order valence-electron chi connectivity index (χ3n) is 3.31. The predicted molar refractivity (Wildman–Crippen MR) is 83.6 cm³/mol. The summed E-state index contributed by atoms with van der Waals surface area (Å²) in [6, 6.07) is 12.3. The van der Waals surface area contributed by atoms with Crippen molar-refractivity contribution in [1.82, 2.24) is 4.31 Å². The first-order valence-corrected chi connectivity index (χ1v) is 8.09. The number of nitrogens with zero attached hydrogens (tertiary/aromatic N) is 1. The van der Waals surface area contributed by atoms with E-state index in [9.17, 15) is 8.42 Å². The molecule has 1 unspecified atom stereocenters. The van der Waals surface area contributed by atoms with E-state index < -0.39 is 10.0 Å². The summed E-state index contributed by atoms with van der Waals surface area (Å²) in [5, 5.41) is 1.61. The van der Waals surface area contributed by atoms with Crippen molar-refractivity contribution in [3.8, 4) is 0 Å². The van der Waals surface area contributed by atoms with Crippen LogP contribution in [0, 0.1) is 0 Å². The first kappa shape index (κ1) is 15.9. The summed E-state index contributed by atoms with van der Waals surface area (Å²) in [5.41, 5.74) is 5.84. The third-order valence-corrected chi connectivity index (χ3v) is 5.19. The number of hydrogen-bond donors (Lipinski definition) is 1. The van der Waals surface area contributed by atoms with Crippen molar-refractivity contribution < 1.29 is 13.2 Å². The molecule has 0 fully saturated rings. The molecule has 0 radical (unpaired) electrons. The van der Waals surface area contributed by atoms with Crippen molar-refractivity contribution >= 4 is 20.8 Å². The molecule has 2 rings (SSSR count). The van der Waals surface area contributed by atoms with Gasteiger partial charge in [0.25, 0.3) is 0 Å². The molecule has 6 heteroatoms. The Morgan fingerprint density at radius 2 is 1.86 bits per heavy atom.